The average Bonchev–Trinajstić information content (AvgIpc) is 2.62. The minimum atomic E-state index is -0.309. The molecule has 2 rings (SSSR count). The Bertz CT molecular complexity index is 473. The number of hydrogen-bond acceptors (Lipinski definition) is 4. The largest absolute Gasteiger partial charge is 0.468 e. The Morgan fingerprint density at radius 1 is 1.59 bits per heavy atom. The van der Waals surface area contributed by atoms with E-state index in [2.05, 4.69) is 4.74 Å². The van der Waals surface area contributed by atoms with Gasteiger partial charge in [0, 0.05) is 10.6 Å². The van der Waals surface area contributed by atoms with Gasteiger partial charge in [-0.25, -0.2) is 0 Å². The molecular weight excluding hydrogens is 260 g/mol. The lowest BCUT2D eigenvalue weighted by Gasteiger charge is -2.05. The molecule has 1 unspecified atom stereocenters. The van der Waals surface area contributed by atoms with Crippen molar-refractivity contribution in [2.24, 2.45) is 0 Å². The van der Waals surface area contributed by atoms with E-state index in [9.17, 15) is 9.59 Å². The lowest BCUT2D eigenvalue weighted by molar-refractivity contribution is -0.137. The second-order valence-electron chi connectivity index (χ2n) is 3.75. The van der Waals surface area contributed by atoms with Crippen molar-refractivity contribution in [3.63, 3.8) is 0 Å². The summed E-state index contributed by atoms with van der Waals surface area (Å²) in [5, 5.41) is 0.442. The van der Waals surface area contributed by atoms with Gasteiger partial charge in [0.15, 0.2) is 5.78 Å². The van der Waals surface area contributed by atoms with E-state index < -0.39 is 0 Å². The summed E-state index contributed by atoms with van der Waals surface area (Å²) < 4.78 is 4.55. The maximum atomic E-state index is 12.0. The number of halogens is 1. The lowest BCUT2D eigenvalue weighted by atomic mass is 10.1. The van der Waals surface area contributed by atoms with E-state index in [0.29, 0.717) is 11.4 Å². The molecule has 0 amide bonds. The molecule has 1 aromatic rings. The standard InChI is InChI=1S/C12H11ClO3S/c1-16-11(14)6-17-10-5-7-4-8(13)2-3-9(7)12(10)15/h2-4,10H,5-6H2,1H3. The Morgan fingerprint density at radius 2 is 2.35 bits per heavy atom. The predicted molar refractivity (Wildman–Crippen MR) is 67.7 cm³/mol. The zero-order chi connectivity index (χ0) is 12.4. The number of fused-ring (bicyclic) bond motifs is 1. The molecule has 0 aliphatic heterocycles. The molecule has 0 aromatic heterocycles. The molecule has 17 heavy (non-hydrogen) atoms. The SMILES string of the molecule is COC(=O)CSC1Cc2cc(Cl)ccc2C1=O. The quantitative estimate of drug-likeness (QED) is 0.791. The third-order valence-electron chi connectivity index (χ3n) is 2.66. The molecule has 90 valence electrons. The highest BCUT2D eigenvalue weighted by Gasteiger charge is 2.31. The van der Waals surface area contributed by atoms with Crippen molar-refractivity contribution < 1.29 is 14.3 Å². The molecule has 1 atom stereocenters. The number of ether oxygens (including phenoxy) is 1. The van der Waals surface area contributed by atoms with E-state index in [1.54, 1.807) is 12.1 Å². The van der Waals surface area contributed by atoms with E-state index >= 15 is 0 Å². The lowest BCUT2D eigenvalue weighted by Crippen LogP contribution is -2.15. The minimum Gasteiger partial charge on any atom is -0.468 e. The number of thioether (sulfide) groups is 1. The van der Waals surface area contributed by atoms with Gasteiger partial charge in [0.2, 0.25) is 0 Å². The molecule has 0 bridgehead atoms. The first-order valence-corrected chi connectivity index (χ1v) is 6.55. The molecule has 1 aromatic carbocycles. The van der Waals surface area contributed by atoms with Gasteiger partial charge in [0.05, 0.1) is 18.1 Å². The highest BCUT2D eigenvalue weighted by Crippen LogP contribution is 2.31. The summed E-state index contributed by atoms with van der Waals surface area (Å²) in [5.41, 5.74) is 1.68. The van der Waals surface area contributed by atoms with Crippen molar-refractivity contribution in [3.05, 3.63) is 34.3 Å². The van der Waals surface area contributed by atoms with Gasteiger partial charge in [0.25, 0.3) is 0 Å². The first-order chi connectivity index (χ1) is 8.11. The monoisotopic (exact) mass is 270 g/mol. The Balaban J connectivity index is 2.07. The van der Waals surface area contributed by atoms with Crippen LogP contribution in [0.4, 0.5) is 0 Å². The Hall–Kier alpha value is -1.00. The number of carbonyl (C=O) groups is 2. The van der Waals surface area contributed by atoms with Gasteiger partial charge in [-0.15, -0.1) is 11.8 Å². The van der Waals surface area contributed by atoms with Crippen molar-refractivity contribution in [1.82, 2.24) is 0 Å². The van der Waals surface area contributed by atoms with Crippen LogP contribution in [0.25, 0.3) is 0 Å². The van der Waals surface area contributed by atoms with Crippen molar-refractivity contribution in [2.45, 2.75) is 11.7 Å². The zero-order valence-corrected chi connectivity index (χ0v) is 10.8. The number of esters is 1. The van der Waals surface area contributed by atoms with Crippen LogP contribution in [0.5, 0.6) is 0 Å². The van der Waals surface area contributed by atoms with Crippen LogP contribution in [0.1, 0.15) is 15.9 Å². The van der Waals surface area contributed by atoms with Crippen molar-refractivity contribution in [2.75, 3.05) is 12.9 Å². The van der Waals surface area contributed by atoms with E-state index in [4.69, 9.17) is 11.6 Å². The third kappa shape index (κ3) is 2.64. The van der Waals surface area contributed by atoms with E-state index in [-0.39, 0.29) is 22.8 Å². The molecule has 5 heteroatoms. The molecule has 0 N–H and O–H groups in total. The number of ketones is 1. The number of rotatable bonds is 3. The highest BCUT2D eigenvalue weighted by atomic mass is 35.5. The van der Waals surface area contributed by atoms with E-state index in [1.807, 2.05) is 6.07 Å². The van der Waals surface area contributed by atoms with Gasteiger partial charge in [-0.2, -0.15) is 0 Å². The van der Waals surface area contributed by atoms with Crippen molar-refractivity contribution in [1.29, 1.82) is 0 Å². The second kappa shape index (κ2) is 5.10. The molecule has 0 saturated heterocycles. The minimum absolute atomic E-state index is 0.0746. The van der Waals surface area contributed by atoms with Crippen LogP contribution in [0.2, 0.25) is 5.02 Å². The second-order valence-corrected chi connectivity index (χ2v) is 5.37. The third-order valence-corrected chi connectivity index (χ3v) is 4.08. The molecule has 0 radical (unpaired) electrons. The summed E-state index contributed by atoms with van der Waals surface area (Å²) in [6.07, 6.45) is 0.635. The van der Waals surface area contributed by atoms with Crippen LogP contribution in [-0.2, 0) is 16.0 Å². The van der Waals surface area contributed by atoms with Crippen LogP contribution in [0, 0.1) is 0 Å². The average molecular weight is 271 g/mol. The zero-order valence-electron chi connectivity index (χ0n) is 9.23. The van der Waals surface area contributed by atoms with Gasteiger partial charge in [0.1, 0.15) is 0 Å². The van der Waals surface area contributed by atoms with Crippen LogP contribution < -0.4 is 0 Å². The molecule has 0 heterocycles. The summed E-state index contributed by atoms with van der Waals surface area (Å²) in [5.74, 6) is -0.0309. The molecule has 0 spiro atoms. The molecule has 0 fully saturated rings. The topological polar surface area (TPSA) is 43.4 Å². The molecule has 0 saturated carbocycles. The molecule has 1 aliphatic carbocycles. The van der Waals surface area contributed by atoms with Gasteiger partial charge in [-0.1, -0.05) is 11.6 Å². The molecular formula is C12H11ClO3S. The fourth-order valence-corrected chi connectivity index (χ4v) is 3.03. The van der Waals surface area contributed by atoms with E-state index in [0.717, 1.165) is 11.1 Å². The molecule has 3 nitrogen and oxygen atoms in total. The van der Waals surface area contributed by atoms with Crippen LogP contribution in [0.15, 0.2) is 18.2 Å². The smallest absolute Gasteiger partial charge is 0.315 e. The summed E-state index contributed by atoms with van der Waals surface area (Å²) in [6, 6.07) is 5.28. The van der Waals surface area contributed by atoms with Crippen LogP contribution in [0.3, 0.4) is 0 Å². The summed E-state index contributed by atoms with van der Waals surface area (Å²) in [4.78, 5) is 23.0. The fourth-order valence-electron chi connectivity index (χ4n) is 1.80. The van der Waals surface area contributed by atoms with Crippen molar-refractivity contribution >= 4 is 35.1 Å². The van der Waals surface area contributed by atoms with Gasteiger partial charge in [-0.3, -0.25) is 9.59 Å². The van der Waals surface area contributed by atoms with Gasteiger partial charge >= 0.3 is 5.97 Å². The number of methoxy groups -OCH3 is 1. The van der Waals surface area contributed by atoms with Crippen LogP contribution >= 0.6 is 23.4 Å². The Morgan fingerprint density at radius 3 is 3.06 bits per heavy atom. The van der Waals surface area contributed by atoms with Gasteiger partial charge < -0.3 is 4.74 Å². The fraction of sp³-hybridized carbons (Fsp3) is 0.333. The molecule has 1 aliphatic rings. The highest BCUT2D eigenvalue weighted by molar-refractivity contribution is 8.01. The summed E-state index contributed by atoms with van der Waals surface area (Å²) in [7, 11) is 1.34. The predicted octanol–water partition coefficient (Wildman–Crippen LogP) is 2.35. The maximum Gasteiger partial charge on any atom is 0.315 e. The number of hydrogen-bond donors (Lipinski definition) is 0. The normalized spacial score (nSPS) is 18.0. The maximum absolute atomic E-state index is 12.0. The number of benzene rings is 1. The summed E-state index contributed by atoms with van der Waals surface area (Å²) >= 11 is 7.20. The summed E-state index contributed by atoms with van der Waals surface area (Å²) in [6.45, 7) is 0. The van der Waals surface area contributed by atoms with E-state index in [1.165, 1.54) is 18.9 Å². The number of carbonyl (C=O) groups excluding carboxylic acids is 2. The van der Waals surface area contributed by atoms with Crippen LogP contribution in [-0.4, -0.2) is 29.9 Å². The van der Waals surface area contributed by atoms with Gasteiger partial charge in [-0.05, 0) is 30.2 Å². The van der Waals surface area contributed by atoms with Crippen molar-refractivity contribution in [3.8, 4) is 0 Å². The Labute approximate surface area is 108 Å². The first kappa shape index (κ1) is 12.5. The Kier molecular flexibility index (Phi) is 3.74. The number of Topliss-reactive ketones (excluding diaryl/α,β-unsaturated/α-hetero) is 1. The first-order valence-electron chi connectivity index (χ1n) is 5.13.